The second-order valence-corrected chi connectivity index (χ2v) is 8.44. The number of hydrogen-bond acceptors (Lipinski definition) is 2. The van der Waals surface area contributed by atoms with Crippen LogP contribution in [-0.4, -0.2) is 53.9 Å². The van der Waals surface area contributed by atoms with Crippen LogP contribution in [-0.2, 0) is 6.42 Å². The highest BCUT2D eigenvalue weighted by Crippen LogP contribution is 2.20. The van der Waals surface area contributed by atoms with Crippen molar-refractivity contribution >= 4 is 16.8 Å². The van der Waals surface area contributed by atoms with Gasteiger partial charge in [-0.15, -0.1) is 0 Å². The third-order valence-electron chi connectivity index (χ3n) is 6.20. The predicted octanol–water partition coefficient (Wildman–Crippen LogP) is 4.50. The molecule has 4 rings (SSSR count). The van der Waals surface area contributed by atoms with Crippen molar-refractivity contribution in [1.29, 1.82) is 0 Å². The summed E-state index contributed by atoms with van der Waals surface area (Å²) in [6.45, 7) is 6.35. The average molecular weight is 390 g/mol. The minimum Gasteiger partial charge on any atom is -0.351 e. The monoisotopic (exact) mass is 389 g/mol. The summed E-state index contributed by atoms with van der Waals surface area (Å²) in [5, 5.41) is 1.09. The molecule has 4 heteroatoms. The number of amides is 1. The summed E-state index contributed by atoms with van der Waals surface area (Å²) in [7, 11) is 1.93. The first-order valence-electron chi connectivity index (χ1n) is 10.7. The van der Waals surface area contributed by atoms with Gasteiger partial charge in [-0.1, -0.05) is 42.5 Å². The maximum atomic E-state index is 12.9. The van der Waals surface area contributed by atoms with Crippen molar-refractivity contribution in [3.63, 3.8) is 0 Å². The van der Waals surface area contributed by atoms with Gasteiger partial charge >= 0.3 is 0 Å². The zero-order valence-corrected chi connectivity index (χ0v) is 17.5. The molecule has 1 aromatic heterocycles. The Bertz CT molecular complexity index is 944. The fourth-order valence-corrected chi connectivity index (χ4v) is 4.54. The van der Waals surface area contributed by atoms with Gasteiger partial charge in [-0.25, -0.2) is 0 Å². The van der Waals surface area contributed by atoms with E-state index < -0.39 is 0 Å². The summed E-state index contributed by atoms with van der Waals surface area (Å²) >= 11 is 0. The maximum Gasteiger partial charge on any atom is 0.270 e. The molecule has 4 nitrogen and oxygen atoms in total. The molecule has 2 heterocycles. The van der Waals surface area contributed by atoms with Gasteiger partial charge < -0.3 is 14.8 Å². The topological polar surface area (TPSA) is 39.3 Å². The smallest absolute Gasteiger partial charge is 0.270 e. The fourth-order valence-electron chi connectivity index (χ4n) is 4.54. The van der Waals surface area contributed by atoms with Crippen LogP contribution < -0.4 is 0 Å². The average Bonchev–Trinajstić information content (AvgIpc) is 3.17. The van der Waals surface area contributed by atoms with Crippen LogP contribution in [0.25, 0.3) is 10.9 Å². The van der Waals surface area contributed by atoms with Crippen molar-refractivity contribution in [2.45, 2.75) is 26.2 Å². The molecule has 0 unspecified atom stereocenters. The Kier molecular flexibility index (Phi) is 6.00. The lowest BCUT2D eigenvalue weighted by molar-refractivity contribution is 0.0725. The molecule has 3 aromatic rings. The van der Waals surface area contributed by atoms with Gasteiger partial charge in [-0.2, -0.15) is 0 Å². The number of benzene rings is 2. The second-order valence-electron chi connectivity index (χ2n) is 8.44. The van der Waals surface area contributed by atoms with Crippen molar-refractivity contribution in [3.8, 4) is 0 Å². The molecule has 152 valence electrons. The van der Waals surface area contributed by atoms with E-state index in [4.69, 9.17) is 0 Å². The van der Waals surface area contributed by atoms with E-state index >= 15 is 0 Å². The van der Waals surface area contributed by atoms with Crippen molar-refractivity contribution in [2.75, 3.05) is 33.2 Å². The molecule has 1 saturated heterocycles. The number of nitrogens with one attached hydrogen (secondary N) is 1. The quantitative estimate of drug-likeness (QED) is 0.674. The molecule has 0 saturated carbocycles. The lowest BCUT2D eigenvalue weighted by Crippen LogP contribution is -2.42. The number of H-pyrrole nitrogens is 1. The van der Waals surface area contributed by atoms with Gasteiger partial charge in [0.25, 0.3) is 5.91 Å². The number of piperidine rings is 1. The van der Waals surface area contributed by atoms with E-state index in [1.54, 1.807) is 0 Å². The lowest BCUT2D eigenvalue weighted by atomic mass is 9.96. The van der Waals surface area contributed by atoms with E-state index in [-0.39, 0.29) is 5.91 Å². The van der Waals surface area contributed by atoms with Gasteiger partial charge in [0.2, 0.25) is 0 Å². The zero-order valence-electron chi connectivity index (χ0n) is 17.5. The van der Waals surface area contributed by atoms with E-state index in [0.717, 1.165) is 37.0 Å². The highest BCUT2D eigenvalue weighted by molar-refractivity contribution is 5.97. The number of carbonyl (C=O) groups is 1. The maximum absolute atomic E-state index is 12.9. The van der Waals surface area contributed by atoms with Gasteiger partial charge in [0.1, 0.15) is 5.69 Å². The molecule has 1 amide bonds. The lowest BCUT2D eigenvalue weighted by Gasteiger charge is -2.34. The van der Waals surface area contributed by atoms with Gasteiger partial charge in [0.15, 0.2) is 0 Å². The number of likely N-dealkylation sites (tertiary alicyclic amines) is 1. The van der Waals surface area contributed by atoms with Crippen molar-refractivity contribution < 1.29 is 4.79 Å². The Hall–Kier alpha value is -2.59. The van der Waals surface area contributed by atoms with E-state index in [1.165, 1.54) is 30.5 Å². The molecular formula is C25H31N3O. The van der Waals surface area contributed by atoms with Crippen molar-refractivity contribution in [1.82, 2.24) is 14.8 Å². The summed E-state index contributed by atoms with van der Waals surface area (Å²) in [5.74, 6) is 0.622. The number of nitrogens with zero attached hydrogens (tertiary/aromatic N) is 2. The first-order chi connectivity index (χ1) is 14.1. The standard InChI is InChI=1S/C25H31N3O/c1-19-8-3-4-10-21(19)13-15-28-14-7-9-20(18-28)17-27(2)25(29)24-16-22-11-5-6-12-23(22)26-24/h3-6,8,10-12,16,20,26H,7,9,13-15,17-18H2,1-2H3/t20-/m0/s1. The number of aromatic nitrogens is 1. The third kappa shape index (κ3) is 4.70. The third-order valence-corrected chi connectivity index (χ3v) is 6.20. The van der Waals surface area contributed by atoms with Crippen molar-refractivity contribution in [2.24, 2.45) is 5.92 Å². The number of aromatic amines is 1. The number of fused-ring (bicyclic) bond motifs is 1. The number of aryl methyl sites for hydroxylation is 1. The van der Waals surface area contributed by atoms with Crippen LogP contribution in [0.15, 0.2) is 54.6 Å². The summed E-state index contributed by atoms with van der Waals surface area (Å²) in [6, 6.07) is 18.7. The van der Waals surface area contributed by atoms with Crippen LogP contribution in [0.1, 0.15) is 34.5 Å². The van der Waals surface area contributed by atoms with Gasteiger partial charge in [-0.05, 0) is 61.9 Å². The van der Waals surface area contributed by atoms with Crippen molar-refractivity contribution in [3.05, 3.63) is 71.4 Å². The van der Waals surface area contributed by atoms with Gasteiger partial charge in [0, 0.05) is 37.6 Å². The SMILES string of the molecule is Cc1ccccc1CCN1CCC[C@@H](CN(C)C(=O)c2cc3ccccc3[nH]2)C1. The molecule has 1 N–H and O–H groups in total. The van der Waals surface area contributed by atoms with Crippen LogP contribution in [0.2, 0.25) is 0 Å². The minimum absolute atomic E-state index is 0.0817. The molecule has 29 heavy (non-hydrogen) atoms. The molecule has 1 fully saturated rings. The van der Waals surface area contributed by atoms with Crippen LogP contribution >= 0.6 is 0 Å². The molecule has 2 aromatic carbocycles. The van der Waals surface area contributed by atoms with Gasteiger partial charge in [-0.3, -0.25) is 4.79 Å². The number of para-hydroxylation sites is 1. The number of carbonyl (C=O) groups excluding carboxylic acids is 1. The molecule has 0 spiro atoms. The summed E-state index contributed by atoms with van der Waals surface area (Å²) in [4.78, 5) is 20.6. The largest absolute Gasteiger partial charge is 0.351 e. The Morgan fingerprint density at radius 3 is 2.79 bits per heavy atom. The molecular weight excluding hydrogens is 358 g/mol. The van der Waals surface area contributed by atoms with Crippen LogP contribution in [0.5, 0.6) is 0 Å². The van der Waals surface area contributed by atoms with E-state index in [1.807, 2.05) is 42.3 Å². The molecule has 1 aliphatic rings. The van der Waals surface area contributed by atoms with E-state index in [0.29, 0.717) is 11.6 Å². The normalized spacial score (nSPS) is 17.5. The summed E-state index contributed by atoms with van der Waals surface area (Å²) in [6.07, 6.45) is 3.52. The Labute approximate surface area is 173 Å². The molecule has 0 bridgehead atoms. The van der Waals surface area contributed by atoms with Crippen LogP contribution in [0.3, 0.4) is 0 Å². The summed E-state index contributed by atoms with van der Waals surface area (Å²) < 4.78 is 0. The van der Waals surface area contributed by atoms with Crippen LogP contribution in [0, 0.1) is 12.8 Å². The molecule has 1 atom stereocenters. The van der Waals surface area contributed by atoms with E-state index in [9.17, 15) is 4.79 Å². The minimum atomic E-state index is 0.0817. The number of hydrogen-bond donors (Lipinski definition) is 1. The number of rotatable bonds is 6. The molecule has 0 radical (unpaired) electrons. The summed E-state index contributed by atoms with van der Waals surface area (Å²) in [5.41, 5.74) is 4.52. The molecule has 1 aliphatic heterocycles. The van der Waals surface area contributed by atoms with Crippen LogP contribution in [0.4, 0.5) is 0 Å². The fraction of sp³-hybridized carbons (Fsp3) is 0.400. The predicted molar refractivity (Wildman–Crippen MR) is 119 cm³/mol. The molecule has 0 aliphatic carbocycles. The Balaban J connectivity index is 1.32. The zero-order chi connectivity index (χ0) is 20.2. The second kappa shape index (κ2) is 8.83. The van der Waals surface area contributed by atoms with E-state index in [2.05, 4.69) is 41.1 Å². The van der Waals surface area contributed by atoms with Gasteiger partial charge in [0.05, 0.1) is 0 Å². The first-order valence-corrected chi connectivity index (χ1v) is 10.7. The Morgan fingerprint density at radius 2 is 1.97 bits per heavy atom. The first kappa shape index (κ1) is 19.7. The Morgan fingerprint density at radius 1 is 1.17 bits per heavy atom. The highest BCUT2D eigenvalue weighted by atomic mass is 16.2. The highest BCUT2D eigenvalue weighted by Gasteiger charge is 2.23.